The van der Waals surface area contributed by atoms with Crippen molar-refractivity contribution in [2.45, 2.75) is 31.4 Å². The normalized spacial score (nSPS) is 21.9. The minimum atomic E-state index is -0.276. The molecule has 0 N–H and O–H groups in total. The lowest BCUT2D eigenvalue weighted by molar-refractivity contribution is 0.0215. The summed E-state index contributed by atoms with van der Waals surface area (Å²) in [7, 11) is 1.59. The molecule has 2 aromatic heterocycles. The maximum atomic E-state index is 12.1. The van der Waals surface area contributed by atoms with Gasteiger partial charge in [0.25, 0.3) is 0 Å². The van der Waals surface area contributed by atoms with Crippen molar-refractivity contribution >= 4 is 17.3 Å². The van der Waals surface area contributed by atoms with Gasteiger partial charge in [-0.05, 0) is 25.3 Å². The number of hydrogen-bond donors (Lipinski definition) is 0. The minimum absolute atomic E-state index is 0.101. The molecule has 0 unspecified atom stereocenters. The molecule has 6 heteroatoms. The van der Waals surface area contributed by atoms with Gasteiger partial charge in [-0.15, -0.1) is 11.3 Å². The van der Waals surface area contributed by atoms with Crippen molar-refractivity contribution in [3.8, 4) is 5.75 Å². The van der Waals surface area contributed by atoms with Gasteiger partial charge < -0.3 is 9.47 Å². The van der Waals surface area contributed by atoms with Gasteiger partial charge in [-0.25, -0.2) is 4.79 Å². The lowest BCUT2D eigenvalue weighted by atomic mass is 10.2. The second-order valence-electron chi connectivity index (χ2n) is 4.78. The highest BCUT2D eigenvalue weighted by Gasteiger charge is 2.32. The molecule has 1 fully saturated rings. The first-order valence-corrected chi connectivity index (χ1v) is 7.48. The summed E-state index contributed by atoms with van der Waals surface area (Å²) >= 11 is 1.34. The number of hydrogen-bond acceptors (Lipinski definition) is 5. The zero-order valence-corrected chi connectivity index (χ0v) is 12.0. The highest BCUT2D eigenvalue weighted by Crippen LogP contribution is 2.33. The predicted octanol–water partition coefficient (Wildman–Crippen LogP) is 2.90. The number of aromatic nitrogens is 2. The fourth-order valence-corrected chi connectivity index (χ4v) is 3.29. The summed E-state index contributed by atoms with van der Waals surface area (Å²) in [6.45, 7) is 0. The maximum Gasteiger partial charge on any atom is 0.348 e. The van der Waals surface area contributed by atoms with Crippen LogP contribution in [-0.4, -0.2) is 29.0 Å². The van der Waals surface area contributed by atoms with Crippen LogP contribution in [-0.2, 0) is 4.74 Å². The van der Waals surface area contributed by atoms with Crippen LogP contribution >= 0.6 is 11.3 Å². The van der Waals surface area contributed by atoms with Crippen molar-refractivity contribution in [3.05, 3.63) is 34.8 Å². The van der Waals surface area contributed by atoms with Gasteiger partial charge in [0.2, 0.25) is 0 Å². The molecule has 106 valence electrons. The van der Waals surface area contributed by atoms with E-state index in [1.54, 1.807) is 24.8 Å². The molecule has 0 saturated heterocycles. The molecule has 0 bridgehead atoms. The molecule has 5 nitrogen and oxygen atoms in total. The summed E-state index contributed by atoms with van der Waals surface area (Å²) in [6.07, 6.45) is 6.50. The molecule has 2 atom stereocenters. The second-order valence-corrected chi connectivity index (χ2v) is 5.69. The van der Waals surface area contributed by atoms with E-state index in [1.807, 2.05) is 16.9 Å². The molecule has 3 rings (SSSR count). The molecule has 1 saturated carbocycles. The highest BCUT2D eigenvalue weighted by atomic mass is 32.1. The Hall–Kier alpha value is -1.82. The largest absolute Gasteiger partial charge is 0.496 e. The van der Waals surface area contributed by atoms with Gasteiger partial charge in [0.1, 0.15) is 16.7 Å². The molecule has 0 aliphatic heterocycles. The number of ether oxygens (including phenoxy) is 2. The molecule has 2 aromatic rings. The summed E-state index contributed by atoms with van der Waals surface area (Å²) in [4.78, 5) is 12.7. The van der Waals surface area contributed by atoms with E-state index in [9.17, 15) is 4.79 Å². The highest BCUT2D eigenvalue weighted by molar-refractivity contribution is 7.12. The van der Waals surface area contributed by atoms with Crippen LogP contribution in [0.1, 0.15) is 35.0 Å². The van der Waals surface area contributed by atoms with Gasteiger partial charge in [0, 0.05) is 23.8 Å². The van der Waals surface area contributed by atoms with E-state index in [2.05, 4.69) is 5.10 Å². The SMILES string of the molecule is COc1csc(C(=O)O[C@@H]2CCC[C@H]2n2cccn2)c1. The smallest absolute Gasteiger partial charge is 0.348 e. The molecule has 2 heterocycles. The van der Waals surface area contributed by atoms with E-state index in [0.717, 1.165) is 19.3 Å². The average Bonchev–Trinajstić information content (AvgIpc) is 3.19. The number of rotatable bonds is 4. The van der Waals surface area contributed by atoms with Gasteiger partial charge in [-0.2, -0.15) is 5.10 Å². The van der Waals surface area contributed by atoms with Gasteiger partial charge in [-0.1, -0.05) is 0 Å². The topological polar surface area (TPSA) is 53.4 Å². The molecular formula is C14H16N2O3S. The lowest BCUT2D eigenvalue weighted by Gasteiger charge is -2.20. The zero-order chi connectivity index (χ0) is 13.9. The molecule has 0 radical (unpaired) electrons. The molecular weight excluding hydrogens is 276 g/mol. The minimum Gasteiger partial charge on any atom is -0.496 e. The number of methoxy groups -OCH3 is 1. The van der Waals surface area contributed by atoms with Crippen molar-refractivity contribution in [2.24, 2.45) is 0 Å². The monoisotopic (exact) mass is 292 g/mol. The summed E-state index contributed by atoms with van der Waals surface area (Å²) < 4.78 is 12.6. The molecule has 0 spiro atoms. The van der Waals surface area contributed by atoms with E-state index in [1.165, 1.54) is 11.3 Å². The number of carbonyl (C=O) groups excluding carboxylic acids is 1. The van der Waals surface area contributed by atoms with Gasteiger partial charge in [-0.3, -0.25) is 4.68 Å². The third-order valence-corrected chi connectivity index (χ3v) is 4.44. The van der Waals surface area contributed by atoms with Gasteiger partial charge in [0.05, 0.1) is 13.2 Å². The fraction of sp³-hybridized carbons (Fsp3) is 0.429. The van der Waals surface area contributed by atoms with Gasteiger partial charge >= 0.3 is 5.97 Å². The van der Waals surface area contributed by atoms with E-state index >= 15 is 0 Å². The molecule has 0 aromatic carbocycles. The van der Waals surface area contributed by atoms with Crippen molar-refractivity contribution in [2.75, 3.05) is 7.11 Å². The number of nitrogens with zero attached hydrogens (tertiary/aromatic N) is 2. The van der Waals surface area contributed by atoms with Gasteiger partial charge in [0.15, 0.2) is 0 Å². The van der Waals surface area contributed by atoms with Crippen molar-refractivity contribution in [3.63, 3.8) is 0 Å². The maximum absolute atomic E-state index is 12.1. The number of carbonyl (C=O) groups is 1. The molecule has 1 aliphatic rings. The third kappa shape index (κ3) is 2.56. The Balaban J connectivity index is 1.69. The standard InChI is InChI=1S/C14H16N2O3S/c1-18-10-8-13(20-9-10)14(17)19-12-5-2-4-11(12)16-7-3-6-15-16/h3,6-9,11-12H,2,4-5H2,1H3/t11-,12-/m1/s1. The summed E-state index contributed by atoms with van der Waals surface area (Å²) in [6, 6.07) is 3.75. The molecule has 0 amide bonds. The quantitative estimate of drug-likeness (QED) is 0.813. The van der Waals surface area contributed by atoms with E-state index in [-0.39, 0.29) is 18.1 Å². The lowest BCUT2D eigenvalue weighted by Crippen LogP contribution is -2.25. The van der Waals surface area contributed by atoms with Crippen molar-refractivity contribution in [1.29, 1.82) is 0 Å². The summed E-state index contributed by atoms with van der Waals surface area (Å²) in [5.74, 6) is 0.416. The van der Waals surface area contributed by atoms with Crippen molar-refractivity contribution < 1.29 is 14.3 Å². The first kappa shape index (κ1) is 13.2. The summed E-state index contributed by atoms with van der Waals surface area (Å²) in [5, 5.41) is 6.06. The third-order valence-electron chi connectivity index (χ3n) is 3.55. The second kappa shape index (κ2) is 5.66. The Morgan fingerprint density at radius 2 is 2.40 bits per heavy atom. The van der Waals surface area contributed by atoms with Crippen LogP contribution in [0.4, 0.5) is 0 Å². The Bertz CT molecular complexity index is 579. The predicted molar refractivity (Wildman–Crippen MR) is 75.2 cm³/mol. The average molecular weight is 292 g/mol. The van der Waals surface area contributed by atoms with Crippen LogP contribution in [0, 0.1) is 0 Å². The number of esters is 1. The fourth-order valence-electron chi connectivity index (χ4n) is 2.55. The first-order valence-electron chi connectivity index (χ1n) is 6.60. The van der Waals surface area contributed by atoms with E-state index in [4.69, 9.17) is 9.47 Å². The summed E-state index contributed by atoms with van der Waals surface area (Å²) in [5.41, 5.74) is 0. The Kier molecular flexibility index (Phi) is 3.73. The van der Waals surface area contributed by atoms with E-state index < -0.39 is 0 Å². The van der Waals surface area contributed by atoms with Crippen LogP contribution in [0.15, 0.2) is 29.9 Å². The molecule has 1 aliphatic carbocycles. The Morgan fingerprint density at radius 3 is 3.10 bits per heavy atom. The number of thiophene rings is 1. The van der Waals surface area contributed by atoms with Crippen LogP contribution in [0.5, 0.6) is 5.75 Å². The molecule has 20 heavy (non-hydrogen) atoms. The van der Waals surface area contributed by atoms with Crippen molar-refractivity contribution in [1.82, 2.24) is 9.78 Å². The van der Waals surface area contributed by atoms with Crippen LogP contribution < -0.4 is 4.74 Å². The van der Waals surface area contributed by atoms with Crippen LogP contribution in [0.2, 0.25) is 0 Å². The Morgan fingerprint density at radius 1 is 1.50 bits per heavy atom. The van der Waals surface area contributed by atoms with Crippen LogP contribution in [0.25, 0.3) is 0 Å². The zero-order valence-electron chi connectivity index (χ0n) is 11.2. The first-order chi connectivity index (χ1) is 9.78. The van der Waals surface area contributed by atoms with E-state index in [0.29, 0.717) is 10.6 Å². The Labute approximate surface area is 121 Å². The van der Waals surface area contributed by atoms with Crippen LogP contribution in [0.3, 0.4) is 0 Å².